The molecule has 0 unspecified atom stereocenters. The third kappa shape index (κ3) is 6.06. The third-order valence-electron chi connectivity index (χ3n) is 5.72. The number of nitrogens with zero attached hydrogens (tertiary/aromatic N) is 4. The van der Waals surface area contributed by atoms with Crippen LogP contribution >= 0.6 is 11.6 Å². The summed E-state index contributed by atoms with van der Waals surface area (Å²) >= 11 is 9.92. The highest BCUT2D eigenvalue weighted by Crippen LogP contribution is 2.29. The second-order valence-electron chi connectivity index (χ2n) is 8.05. The van der Waals surface area contributed by atoms with Crippen molar-refractivity contribution in [2.75, 3.05) is 43.5 Å². The van der Waals surface area contributed by atoms with Crippen molar-refractivity contribution in [1.29, 1.82) is 0 Å². The fourth-order valence-corrected chi connectivity index (χ4v) is 4.48. The van der Waals surface area contributed by atoms with E-state index in [4.69, 9.17) is 16.3 Å². The summed E-state index contributed by atoms with van der Waals surface area (Å²) < 4.78 is 7.40. The number of piperidine rings is 1. The lowest BCUT2D eigenvalue weighted by Crippen LogP contribution is -2.37. The van der Waals surface area contributed by atoms with Crippen LogP contribution in [0.3, 0.4) is 0 Å². The Morgan fingerprint density at radius 2 is 2.06 bits per heavy atom. The number of amides is 1. The van der Waals surface area contributed by atoms with Gasteiger partial charge in [-0.15, -0.1) is 4.31 Å². The molecule has 2 fully saturated rings. The number of carbonyl (C=O) groups excluding carboxylic acids is 1. The monoisotopic (exact) mass is 463 g/mol. The molecule has 0 aromatic carbocycles. The van der Waals surface area contributed by atoms with Crippen molar-refractivity contribution >= 4 is 42.0 Å². The van der Waals surface area contributed by atoms with Crippen molar-refractivity contribution in [2.45, 2.75) is 25.7 Å². The largest absolute Gasteiger partial charge is 0.381 e. The predicted molar refractivity (Wildman–Crippen MR) is 125 cm³/mol. The molecule has 31 heavy (non-hydrogen) atoms. The maximum Gasteiger partial charge on any atom is 0.230 e. The van der Waals surface area contributed by atoms with Crippen LogP contribution in [0.1, 0.15) is 25.7 Å². The minimum atomic E-state index is -0.0790. The summed E-state index contributed by atoms with van der Waals surface area (Å²) in [6, 6.07) is 1.75. The van der Waals surface area contributed by atoms with Crippen molar-refractivity contribution in [3.05, 3.63) is 29.7 Å². The molecule has 4 heterocycles. The number of rotatable bonds is 6. The SMILES string of the molecule is O=C(Nc1cc(-c2cncc(NCC3CCOCC3)n2)c(Cl)cn1)[C@@H]1CCCN([SH2+])C1. The molecule has 1 atom stereocenters. The fourth-order valence-electron chi connectivity index (χ4n) is 3.90. The van der Waals surface area contributed by atoms with Gasteiger partial charge in [0.05, 0.1) is 35.6 Å². The van der Waals surface area contributed by atoms with Crippen molar-refractivity contribution < 1.29 is 9.53 Å². The first kappa shape index (κ1) is 22.3. The van der Waals surface area contributed by atoms with Gasteiger partial charge in [-0.05, 0) is 37.7 Å². The molecule has 2 saturated heterocycles. The van der Waals surface area contributed by atoms with Gasteiger partial charge < -0.3 is 15.4 Å². The molecule has 2 aliphatic rings. The van der Waals surface area contributed by atoms with E-state index in [-0.39, 0.29) is 11.8 Å². The van der Waals surface area contributed by atoms with Crippen molar-refractivity contribution in [2.24, 2.45) is 11.8 Å². The van der Waals surface area contributed by atoms with Gasteiger partial charge in [0.2, 0.25) is 5.91 Å². The van der Waals surface area contributed by atoms with Crippen LogP contribution in [0.15, 0.2) is 24.7 Å². The summed E-state index contributed by atoms with van der Waals surface area (Å²) in [6.45, 7) is 4.08. The van der Waals surface area contributed by atoms with Gasteiger partial charge in [-0.2, -0.15) is 0 Å². The van der Waals surface area contributed by atoms with E-state index in [1.54, 1.807) is 18.5 Å². The van der Waals surface area contributed by atoms with Crippen LogP contribution in [0.4, 0.5) is 11.6 Å². The molecular weight excluding hydrogens is 436 g/mol. The molecule has 10 heteroatoms. The third-order valence-corrected chi connectivity index (χ3v) is 6.43. The molecule has 0 bridgehead atoms. The number of aromatic nitrogens is 3. The number of anilines is 2. The lowest BCUT2D eigenvalue weighted by molar-refractivity contribution is -0.120. The molecule has 2 aromatic heterocycles. The Kier molecular flexibility index (Phi) is 7.60. The van der Waals surface area contributed by atoms with Crippen molar-refractivity contribution in [3.8, 4) is 11.3 Å². The number of hydrogen-bond acceptors (Lipinski definition) is 7. The standard InChI is InChI=1S/C21H27ClN6O2S/c22-17-10-25-19(27-21(29)15-2-1-5-28(31)13-15)8-16(17)18-11-23-12-20(26-18)24-9-14-3-6-30-7-4-14/h8,10-12,14-15,31H,1-7,9,13H2,(H,24,26)(H,25,27,29)/p+1/t15-/m1/s1. The molecule has 0 spiro atoms. The van der Waals surface area contributed by atoms with E-state index >= 15 is 0 Å². The lowest BCUT2D eigenvalue weighted by Gasteiger charge is -2.24. The van der Waals surface area contributed by atoms with Gasteiger partial charge in [-0.1, -0.05) is 11.6 Å². The highest BCUT2D eigenvalue weighted by molar-refractivity contribution is 7.55. The van der Waals surface area contributed by atoms with Crippen LogP contribution < -0.4 is 10.6 Å². The van der Waals surface area contributed by atoms with Crippen LogP contribution in [0.5, 0.6) is 0 Å². The Hall–Kier alpha value is -1.94. The van der Waals surface area contributed by atoms with Gasteiger partial charge in [0, 0.05) is 50.9 Å². The summed E-state index contributed by atoms with van der Waals surface area (Å²) in [4.78, 5) is 25.9. The van der Waals surface area contributed by atoms with Crippen LogP contribution in [-0.4, -0.2) is 58.0 Å². The zero-order valence-electron chi connectivity index (χ0n) is 17.3. The normalized spacial score (nSPS) is 20.4. The number of ether oxygens (including phenoxy) is 1. The predicted octanol–water partition coefficient (Wildman–Crippen LogP) is 2.61. The number of hydrogen-bond donors (Lipinski definition) is 2. The van der Waals surface area contributed by atoms with E-state index in [1.165, 1.54) is 6.20 Å². The van der Waals surface area contributed by atoms with E-state index < -0.39 is 0 Å². The molecule has 4 rings (SSSR count). The maximum absolute atomic E-state index is 12.7. The molecule has 0 saturated carbocycles. The number of nitrogens with one attached hydrogen (secondary N) is 2. The van der Waals surface area contributed by atoms with Crippen LogP contribution in [0, 0.1) is 11.8 Å². The highest BCUT2D eigenvalue weighted by atomic mass is 35.5. The van der Waals surface area contributed by atoms with Gasteiger partial charge in [-0.25, -0.2) is 9.97 Å². The Morgan fingerprint density at radius 1 is 1.23 bits per heavy atom. The van der Waals surface area contributed by atoms with Gasteiger partial charge in [0.15, 0.2) is 0 Å². The summed E-state index contributed by atoms with van der Waals surface area (Å²) in [5.41, 5.74) is 1.31. The second kappa shape index (κ2) is 10.6. The van der Waals surface area contributed by atoms with E-state index in [2.05, 4.69) is 38.4 Å². The molecule has 0 aliphatic carbocycles. The van der Waals surface area contributed by atoms with Gasteiger partial charge in [-0.3, -0.25) is 9.78 Å². The minimum absolute atomic E-state index is 0.0401. The average Bonchev–Trinajstić information content (AvgIpc) is 2.80. The Morgan fingerprint density at radius 3 is 2.87 bits per heavy atom. The summed E-state index contributed by atoms with van der Waals surface area (Å²) in [5, 5.41) is 6.75. The smallest absolute Gasteiger partial charge is 0.230 e. The molecule has 2 aliphatic heterocycles. The Balaban J connectivity index is 1.44. The zero-order chi connectivity index (χ0) is 21.6. The molecular formula is C21H28ClN6O2S+. The van der Waals surface area contributed by atoms with Crippen LogP contribution in [0.2, 0.25) is 5.02 Å². The first-order valence-corrected chi connectivity index (χ1v) is 11.5. The fraction of sp³-hybridized carbons (Fsp3) is 0.524. The molecule has 1 amide bonds. The van der Waals surface area contributed by atoms with Gasteiger partial charge in [0.1, 0.15) is 11.6 Å². The zero-order valence-corrected chi connectivity index (χ0v) is 19.1. The highest BCUT2D eigenvalue weighted by Gasteiger charge is 2.27. The van der Waals surface area contributed by atoms with Crippen LogP contribution in [0.25, 0.3) is 11.3 Å². The molecule has 2 N–H and O–H groups in total. The topological polar surface area (TPSA) is 92.3 Å². The van der Waals surface area contributed by atoms with Crippen molar-refractivity contribution in [1.82, 2.24) is 19.3 Å². The minimum Gasteiger partial charge on any atom is -0.381 e. The Bertz CT molecular complexity index is 911. The molecule has 166 valence electrons. The quantitative estimate of drug-likeness (QED) is 0.636. The molecule has 0 radical (unpaired) electrons. The van der Waals surface area contributed by atoms with E-state index in [0.29, 0.717) is 40.4 Å². The summed E-state index contributed by atoms with van der Waals surface area (Å²) in [6.07, 6.45) is 8.84. The van der Waals surface area contributed by atoms with Gasteiger partial charge >= 0.3 is 0 Å². The number of pyridine rings is 1. The van der Waals surface area contributed by atoms with E-state index in [9.17, 15) is 4.79 Å². The lowest BCUT2D eigenvalue weighted by atomic mass is 9.99. The van der Waals surface area contributed by atoms with E-state index in [1.807, 2.05) is 4.31 Å². The maximum atomic E-state index is 12.7. The van der Waals surface area contributed by atoms with Crippen molar-refractivity contribution in [3.63, 3.8) is 0 Å². The first-order valence-electron chi connectivity index (χ1n) is 10.6. The first-order chi connectivity index (χ1) is 15.1. The van der Waals surface area contributed by atoms with Crippen LogP contribution in [-0.2, 0) is 22.3 Å². The van der Waals surface area contributed by atoms with E-state index in [0.717, 1.165) is 52.0 Å². The number of carbonyl (C=O) groups is 1. The Labute approximate surface area is 192 Å². The average molecular weight is 464 g/mol. The second-order valence-corrected chi connectivity index (χ2v) is 9.09. The van der Waals surface area contributed by atoms with Gasteiger partial charge in [0.25, 0.3) is 0 Å². The molecule has 2 aromatic rings. The number of halogens is 1. The summed E-state index contributed by atoms with van der Waals surface area (Å²) in [7, 11) is 0. The summed E-state index contributed by atoms with van der Waals surface area (Å²) in [5.74, 6) is 1.60. The molecule has 8 nitrogen and oxygen atoms in total.